The third kappa shape index (κ3) is 6.29. The lowest BCUT2D eigenvalue weighted by Crippen LogP contribution is -2.00. The van der Waals surface area contributed by atoms with Crippen molar-refractivity contribution in [2.24, 2.45) is 0 Å². The number of rotatable bonds is 7. The maximum absolute atomic E-state index is 5.06. The first-order valence-corrected chi connectivity index (χ1v) is 19.3. The molecule has 0 bridgehead atoms. The second-order valence-electron chi connectivity index (χ2n) is 13.6. The topological polar surface area (TPSA) is 38.7 Å². The van der Waals surface area contributed by atoms with Gasteiger partial charge in [-0.3, -0.25) is 0 Å². The van der Waals surface area contributed by atoms with Gasteiger partial charge >= 0.3 is 0 Å². The van der Waals surface area contributed by atoms with E-state index in [1.165, 1.54) is 59.1 Å². The molecular formula is C51H33N3S. The zero-order valence-corrected chi connectivity index (χ0v) is 30.6. The highest BCUT2D eigenvalue weighted by molar-refractivity contribution is 7.27. The Morgan fingerprint density at radius 3 is 1.05 bits per heavy atom. The standard InChI is InChI=1S/C51H33N3S/c1-6-17-34(18-7-1)41-30-43(36-21-10-3-11-22-36)47-45(32-41)46-33-42(35-19-8-2-9-20-35)31-44(48(46)55-47)39-27-16-28-40(29-39)51-53-49(37-23-12-4-13-24-37)52-50(54-51)38-25-14-5-15-26-38/h1-33H. The van der Waals surface area contributed by atoms with Gasteiger partial charge in [-0.1, -0.05) is 170 Å². The van der Waals surface area contributed by atoms with E-state index in [4.69, 9.17) is 15.0 Å². The Balaban J connectivity index is 1.22. The lowest BCUT2D eigenvalue weighted by molar-refractivity contribution is 1.07. The third-order valence-electron chi connectivity index (χ3n) is 10.1. The van der Waals surface area contributed by atoms with Crippen LogP contribution in [0.4, 0.5) is 0 Å². The molecule has 10 aromatic rings. The van der Waals surface area contributed by atoms with E-state index in [-0.39, 0.29) is 0 Å². The van der Waals surface area contributed by atoms with Crippen LogP contribution < -0.4 is 0 Å². The molecule has 8 aromatic carbocycles. The molecule has 0 spiro atoms. The molecule has 0 radical (unpaired) electrons. The highest BCUT2D eigenvalue weighted by Gasteiger charge is 2.19. The second kappa shape index (κ2) is 14.1. The first kappa shape index (κ1) is 32.6. The van der Waals surface area contributed by atoms with Gasteiger partial charge in [0.05, 0.1) is 0 Å². The second-order valence-corrected chi connectivity index (χ2v) is 14.6. The van der Waals surface area contributed by atoms with Gasteiger partial charge < -0.3 is 0 Å². The summed E-state index contributed by atoms with van der Waals surface area (Å²) in [5, 5.41) is 2.50. The average molecular weight is 720 g/mol. The molecule has 0 atom stereocenters. The van der Waals surface area contributed by atoms with Gasteiger partial charge in [0.1, 0.15) is 0 Å². The van der Waals surface area contributed by atoms with Crippen molar-refractivity contribution in [2.45, 2.75) is 0 Å². The molecule has 0 saturated carbocycles. The molecule has 0 amide bonds. The maximum Gasteiger partial charge on any atom is 0.164 e. The lowest BCUT2D eigenvalue weighted by Gasteiger charge is -2.12. The van der Waals surface area contributed by atoms with Gasteiger partial charge in [-0.25, -0.2) is 15.0 Å². The lowest BCUT2D eigenvalue weighted by atomic mass is 9.93. The number of hydrogen-bond donors (Lipinski definition) is 0. The van der Waals surface area contributed by atoms with Gasteiger partial charge in [0.2, 0.25) is 0 Å². The normalized spacial score (nSPS) is 11.3. The van der Waals surface area contributed by atoms with Crippen LogP contribution in [0.25, 0.3) is 98.8 Å². The summed E-state index contributed by atoms with van der Waals surface area (Å²) in [6.45, 7) is 0. The molecule has 55 heavy (non-hydrogen) atoms. The number of aromatic nitrogens is 3. The van der Waals surface area contributed by atoms with Crippen LogP contribution in [0.2, 0.25) is 0 Å². The van der Waals surface area contributed by atoms with Crippen LogP contribution in [-0.4, -0.2) is 15.0 Å². The van der Waals surface area contributed by atoms with E-state index >= 15 is 0 Å². The fourth-order valence-corrected chi connectivity index (χ4v) is 8.72. The van der Waals surface area contributed by atoms with Crippen LogP contribution in [0.15, 0.2) is 200 Å². The summed E-state index contributed by atoms with van der Waals surface area (Å²) >= 11 is 1.87. The van der Waals surface area contributed by atoms with Crippen molar-refractivity contribution in [3.63, 3.8) is 0 Å². The number of benzene rings is 8. The minimum atomic E-state index is 0.639. The Morgan fingerprint density at radius 2 is 0.600 bits per heavy atom. The van der Waals surface area contributed by atoms with E-state index < -0.39 is 0 Å². The van der Waals surface area contributed by atoms with Crippen LogP contribution in [0.3, 0.4) is 0 Å². The molecule has 2 aromatic heterocycles. The van der Waals surface area contributed by atoms with Gasteiger partial charge in [0.25, 0.3) is 0 Å². The van der Waals surface area contributed by atoms with Crippen molar-refractivity contribution < 1.29 is 0 Å². The van der Waals surface area contributed by atoms with Gasteiger partial charge in [-0.2, -0.15) is 0 Å². The number of thiophene rings is 1. The van der Waals surface area contributed by atoms with Crippen molar-refractivity contribution in [3.8, 4) is 78.7 Å². The molecule has 0 aliphatic rings. The van der Waals surface area contributed by atoms with E-state index in [1.807, 2.05) is 72.0 Å². The van der Waals surface area contributed by atoms with E-state index in [0.717, 1.165) is 22.3 Å². The van der Waals surface area contributed by atoms with Gasteiger partial charge in [0, 0.05) is 48.0 Å². The quantitative estimate of drug-likeness (QED) is 0.165. The molecule has 0 aliphatic carbocycles. The number of fused-ring (bicyclic) bond motifs is 3. The highest BCUT2D eigenvalue weighted by Crippen LogP contribution is 2.47. The van der Waals surface area contributed by atoms with Crippen LogP contribution in [0.1, 0.15) is 0 Å². The Kier molecular flexibility index (Phi) is 8.36. The molecule has 2 heterocycles. The summed E-state index contributed by atoms with van der Waals surface area (Å²) in [7, 11) is 0. The zero-order chi connectivity index (χ0) is 36.6. The molecule has 4 heteroatoms. The molecule has 0 fully saturated rings. The predicted molar refractivity (Wildman–Crippen MR) is 231 cm³/mol. The average Bonchev–Trinajstić information content (AvgIpc) is 3.66. The van der Waals surface area contributed by atoms with Crippen LogP contribution in [-0.2, 0) is 0 Å². The Morgan fingerprint density at radius 1 is 0.255 bits per heavy atom. The summed E-state index contributed by atoms with van der Waals surface area (Å²) < 4.78 is 2.53. The fourth-order valence-electron chi connectivity index (χ4n) is 7.38. The monoisotopic (exact) mass is 719 g/mol. The van der Waals surface area contributed by atoms with Crippen molar-refractivity contribution in [2.75, 3.05) is 0 Å². The molecule has 10 rings (SSSR count). The highest BCUT2D eigenvalue weighted by atomic mass is 32.1. The van der Waals surface area contributed by atoms with Crippen LogP contribution in [0, 0.1) is 0 Å². The summed E-state index contributed by atoms with van der Waals surface area (Å²) in [4.78, 5) is 15.1. The zero-order valence-electron chi connectivity index (χ0n) is 29.8. The molecule has 0 aliphatic heterocycles. The van der Waals surface area contributed by atoms with Crippen molar-refractivity contribution in [1.29, 1.82) is 0 Å². The minimum absolute atomic E-state index is 0.639. The van der Waals surface area contributed by atoms with Crippen LogP contribution >= 0.6 is 11.3 Å². The van der Waals surface area contributed by atoms with Gasteiger partial charge in [-0.15, -0.1) is 11.3 Å². The third-order valence-corrected chi connectivity index (χ3v) is 11.4. The van der Waals surface area contributed by atoms with Gasteiger partial charge in [-0.05, 0) is 63.7 Å². The summed E-state index contributed by atoms with van der Waals surface area (Å²) in [5.74, 6) is 1.94. The smallest absolute Gasteiger partial charge is 0.164 e. The largest absolute Gasteiger partial charge is 0.208 e. The number of nitrogens with zero attached hydrogens (tertiary/aromatic N) is 3. The molecule has 258 valence electrons. The van der Waals surface area contributed by atoms with E-state index in [2.05, 4.69) is 140 Å². The van der Waals surface area contributed by atoms with E-state index in [0.29, 0.717) is 17.5 Å². The molecule has 3 nitrogen and oxygen atoms in total. The summed E-state index contributed by atoms with van der Waals surface area (Å²) in [6, 6.07) is 70.6. The summed E-state index contributed by atoms with van der Waals surface area (Å²) in [5.41, 5.74) is 12.3. The molecule has 0 unspecified atom stereocenters. The maximum atomic E-state index is 5.06. The van der Waals surface area contributed by atoms with Crippen molar-refractivity contribution in [3.05, 3.63) is 200 Å². The van der Waals surface area contributed by atoms with Gasteiger partial charge in [0.15, 0.2) is 17.5 Å². The van der Waals surface area contributed by atoms with Crippen LogP contribution in [0.5, 0.6) is 0 Å². The molecular weight excluding hydrogens is 687 g/mol. The Labute approximate surface area is 323 Å². The number of hydrogen-bond acceptors (Lipinski definition) is 4. The summed E-state index contributed by atoms with van der Waals surface area (Å²) in [6.07, 6.45) is 0. The predicted octanol–water partition coefficient (Wildman–Crippen LogP) is 13.9. The first-order valence-electron chi connectivity index (χ1n) is 18.4. The molecule has 0 N–H and O–H groups in total. The van der Waals surface area contributed by atoms with E-state index in [1.54, 1.807) is 0 Å². The fraction of sp³-hybridized carbons (Fsp3) is 0. The van der Waals surface area contributed by atoms with E-state index in [9.17, 15) is 0 Å². The minimum Gasteiger partial charge on any atom is -0.208 e. The van der Waals surface area contributed by atoms with Crippen molar-refractivity contribution >= 4 is 31.5 Å². The Bertz CT molecular complexity index is 2890. The molecule has 0 saturated heterocycles. The SMILES string of the molecule is c1ccc(-c2cc(-c3ccccc3)c3sc4c(-c5cccc(-c6nc(-c7ccccc7)nc(-c7ccccc7)n6)c5)cc(-c5ccccc5)cc4c3c2)cc1. The Hall–Kier alpha value is -7.01. The first-order chi connectivity index (χ1) is 27.2. The van der Waals surface area contributed by atoms with Crippen molar-refractivity contribution in [1.82, 2.24) is 15.0 Å².